The summed E-state index contributed by atoms with van der Waals surface area (Å²) < 4.78 is 0. The van der Waals surface area contributed by atoms with Crippen molar-refractivity contribution >= 4 is 12.6 Å². The Hall–Kier alpha value is -3.00. The molecule has 0 spiro atoms. The van der Waals surface area contributed by atoms with E-state index in [4.69, 9.17) is 0 Å². The highest BCUT2D eigenvalue weighted by Gasteiger charge is 1.81. The lowest BCUT2D eigenvalue weighted by Crippen LogP contribution is -1.70. The van der Waals surface area contributed by atoms with Gasteiger partial charge in [-0.3, -0.25) is 9.59 Å². The van der Waals surface area contributed by atoms with Gasteiger partial charge in [0.25, 0.3) is 0 Å². The minimum absolute atomic E-state index is 0.768. The summed E-state index contributed by atoms with van der Waals surface area (Å²) in [6.07, 6.45) is 27.9. The van der Waals surface area contributed by atoms with Crippen LogP contribution in [0.4, 0.5) is 0 Å². The van der Waals surface area contributed by atoms with Crippen LogP contribution in [0.5, 0.6) is 0 Å². The normalized spacial score (nSPS) is 15.4. The van der Waals surface area contributed by atoms with Crippen molar-refractivity contribution in [1.29, 1.82) is 0 Å². The molecular weight excluding hydrogens is 320 g/mol. The molecule has 0 aliphatic rings. The molecule has 2 heteroatoms. The lowest BCUT2D eigenvalue weighted by atomic mass is 10.2. The van der Waals surface area contributed by atoms with Gasteiger partial charge in [-0.1, -0.05) is 95.2 Å². The number of hydrogen-bond acceptors (Lipinski definition) is 2. The van der Waals surface area contributed by atoms with Gasteiger partial charge >= 0.3 is 0 Å². The summed E-state index contributed by atoms with van der Waals surface area (Å²) in [7, 11) is 0. The van der Waals surface area contributed by atoms with E-state index in [2.05, 4.69) is 0 Å². The maximum absolute atomic E-state index is 10.2. The van der Waals surface area contributed by atoms with E-state index in [0.717, 1.165) is 34.9 Å². The zero-order chi connectivity index (χ0) is 19.6. The Morgan fingerprint density at radius 2 is 0.692 bits per heavy atom. The Labute approximate surface area is 157 Å². The summed E-state index contributed by atoms with van der Waals surface area (Å²) in [6, 6.07) is 0. The Kier molecular flexibility index (Phi) is 13.7. The number of rotatable bonds is 10. The topological polar surface area (TPSA) is 34.1 Å². The van der Waals surface area contributed by atoms with Crippen molar-refractivity contribution in [3.8, 4) is 0 Å². The minimum atomic E-state index is 0.768. The van der Waals surface area contributed by atoms with Crippen LogP contribution in [-0.4, -0.2) is 12.6 Å². The lowest BCUT2D eigenvalue weighted by molar-refractivity contribution is -0.104. The molecule has 0 saturated heterocycles. The van der Waals surface area contributed by atoms with Gasteiger partial charge in [-0.15, -0.1) is 0 Å². The summed E-state index contributed by atoms with van der Waals surface area (Å²) >= 11 is 0. The number of carbonyl (C=O) groups is 2. The van der Waals surface area contributed by atoms with Crippen molar-refractivity contribution in [3.63, 3.8) is 0 Å². The summed E-state index contributed by atoms with van der Waals surface area (Å²) in [6.45, 7) is 7.95. The molecule has 0 radical (unpaired) electrons. The van der Waals surface area contributed by atoms with Gasteiger partial charge in [0.05, 0.1) is 0 Å². The Balaban J connectivity index is 4.61. The van der Waals surface area contributed by atoms with Crippen LogP contribution < -0.4 is 0 Å². The van der Waals surface area contributed by atoms with E-state index in [-0.39, 0.29) is 0 Å². The number of aldehydes is 2. The molecule has 0 amide bonds. The molecule has 0 heterocycles. The summed E-state index contributed by atoms with van der Waals surface area (Å²) in [5.74, 6) is 0. The highest BCUT2D eigenvalue weighted by atomic mass is 16.1. The fourth-order valence-electron chi connectivity index (χ4n) is 1.72. The minimum Gasteiger partial charge on any atom is -0.299 e. The van der Waals surface area contributed by atoms with Gasteiger partial charge in [-0.05, 0) is 39.8 Å². The predicted octanol–water partition coefficient (Wildman–Crippen LogP) is 5.95. The molecule has 0 N–H and O–H groups in total. The summed E-state index contributed by atoms with van der Waals surface area (Å²) in [5, 5.41) is 0. The second kappa shape index (κ2) is 15.5. The van der Waals surface area contributed by atoms with Gasteiger partial charge in [0.15, 0.2) is 0 Å². The first-order valence-electron chi connectivity index (χ1n) is 8.45. The van der Waals surface area contributed by atoms with Crippen LogP contribution in [0, 0.1) is 0 Å². The smallest absolute Gasteiger partial charge is 0.142 e. The van der Waals surface area contributed by atoms with Crippen LogP contribution in [0.15, 0.2) is 107 Å². The maximum Gasteiger partial charge on any atom is 0.142 e. The van der Waals surface area contributed by atoms with Gasteiger partial charge in [-0.2, -0.15) is 0 Å². The molecule has 0 aliphatic carbocycles. The lowest BCUT2D eigenvalue weighted by Gasteiger charge is -1.90. The SMILES string of the molecule is CC(=C/C=C/C(C)=C/C=C/C=C(C)/C=C/C=C(C)/C=C/C=O)/C=C/C=O. The molecule has 0 bridgehead atoms. The first-order valence-corrected chi connectivity index (χ1v) is 8.45. The molecule has 0 unspecified atom stereocenters. The van der Waals surface area contributed by atoms with Crippen molar-refractivity contribution in [3.05, 3.63) is 107 Å². The van der Waals surface area contributed by atoms with Crippen LogP contribution >= 0.6 is 0 Å². The quantitative estimate of drug-likeness (QED) is 0.278. The van der Waals surface area contributed by atoms with Gasteiger partial charge in [0.2, 0.25) is 0 Å². The van der Waals surface area contributed by atoms with E-state index in [1.165, 1.54) is 12.2 Å². The zero-order valence-corrected chi connectivity index (χ0v) is 16.1. The third-order valence-corrected chi connectivity index (χ3v) is 3.14. The van der Waals surface area contributed by atoms with E-state index in [0.29, 0.717) is 0 Å². The first-order chi connectivity index (χ1) is 12.5. The molecule has 0 aromatic heterocycles. The number of hydrogen-bond donors (Lipinski definition) is 0. The molecule has 26 heavy (non-hydrogen) atoms. The highest BCUT2D eigenvalue weighted by Crippen LogP contribution is 2.02. The standard InChI is InChI=1S/C24H28O2/c1-21(13-7-15-23(3)17-9-19-25)11-5-6-12-22(2)14-8-16-24(4)18-10-20-26/h5-20H,1-4H3/b6-5+,13-7+,14-8+,17-9+,18-10+,21-11+,22-12+,23-15-,24-16+. The molecule has 0 fully saturated rings. The highest BCUT2D eigenvalue weighted by molar-refractivity contribution is 5.66. The average Bonchev–Trinajstić information content (AvgIpc) is 2.61. The monoisotopic (exact) mass is 348 g/mol. The fourth-order valence-corrected chi connectivity index (χ4v) is 1.72. The van der Waals surface area contributed by atoms with Gasteiger partial charge < -0.3 is 0 Å². The van der Waals surface area contributed by atoms with E-state index < -0.39 is 0 Å². The molecule has 2 nitrogen and oxygen atoms in total. The second-order valence-electron chi connectivity index (χ2n) is 5.74. The second-order valence-corrected chi connectivity index (χ2v) is 5.74. The molecular formula is C24H28O2. The first kappa shape index (κ1) is 23.0. The van der Waals surface area contributed by atoms with E-state index in [1.54, 1.807) is 12.2 Å². The van der Waals surface area contributed by atoms with E-state index >= 15 is 0 Å². The zero-order valence-electron chi connectivity index (χ0n) is 16.1. The largest absolute Gasteiger partial charge is 0.299 e. The molecule has 0 atom stereocenters. The van der Waals surface area contributed by atoms with Crippen molar-refractivity contribution < 1.29 is 9.59 Å². The van der Waals surface area contributed by atoms with Gasteiger partial charge in [-0.25, -0.2) is 0 Å². The average molecular weight is 348 g/mol. The van der Waals surface area contributed by atoms with Crippen molar-refractivity contribution in [1.82, 2.24) is 0 Å². The third-order valence-electron chi connectivity index (χ3n) is 3.14. The number of allylic oxidation sites excluding steroid dienone is 18. The summed E-state index contributed by atoms with van der Waals surface area (Å²) in [5.41, 5.74) is 4.31. The van der Waals surface area contributed by atoms with Gasteiger partial charge in [0.1, 0.15) is 12.6 Å². The molecule has 0 saturated carbocycles. The van der Waals surface area contributed by atoms with Crippen LogP contribution in [0.3, 0.4) is 0 Å². The third kappa shape index (κ3) is 14.6. The number of carbonyl (C=O) groups excluding carboxylic acids is 2. The Morgan fingerprint density at radius 1 is 0.423 bits per heavy atom. The van der Waals surface area contributed by atoms with Crippen LogP contribution in [0.25, 0.3) is 0 Å². The van der Waals surface area contributed by atoms with Gasteiger partial charge in [0, 0.05) is 0 Å². The fraction of sp³-hybridized carbons (Fsp3) is 0.167. The van der Waals surface area contributed by atoms with E-state index in [1.807, 2.05) is 88.5 Å². The Bertz CT molecular complexity index is 653. The molecule has 136 valence electrons. The van der Waals surface area contributed by atoms with Crippen molar-refractivity contribution in [2.75, 3.05) is 0 Å². The predicted molar refractivity (Wildman–Crippen MR) is 113 cm³/mol. The molecule has 0 aromatic rings. The van der Waals surface area contributed by atoms with Crippen molar-refractivity contribution in [2.45, 2.75) is 27.7 Å². The maximum atomic E-state index is 10.2. The molecule has 0 rings (SSSR count). The summed E-state index contributed by atoms with van der Waals surface area (Å²) in [4.78, 5) is 20.5. The Morgan fingerprint density at radius 3 is 1.00 bits per heavy atom. The van der Waals surface area contributed by atoms with Crippen molar-refractivity contribution in [2.24, 2.45) is 0 Å². The molecule has 0 aromatic carbocycles. The van der Waals surface area contributed by atoms with Crippen LogP contribution in [-0.2, 0) is 9.59 Å². The van der Waals surface area contributed by atoms with Crippen LogP contribution in [0.2, 0.25) is 0 Å². The molecule has 0 aliphatic heterocycles. The van der Waals surface area contributed by atoms with E-state index in [9.17, 15) is 9.59 Å². The van der Waals surface area contributed by atoms with Crippen LogP contribution in [0.1, 0.15) is 27.7 Å².